The Morgan fingerprint density at radius 2 is 2.14 bits per heavy atom. The van der Waals surface area contributed by atoms with Gasteiger partial charge in [0.2, 0.25) is 0 Å². The first-order valence-electron chi connectivity index (χ1n) is 6.67. The highest BCUT2D eigenvalue weighted by molar-refractivity contribution is 7.91. The number of nitrogens with one attached hydrogen (secondary N) is 1. The summed E-state index contributed by atoms with van der Waals surface area (Å²) < 4.78 is 27.0. The predicted molar refractivity (Wildman–Crippen MR) is 89.7 cm³/mol. The van der Waals surface area contributed by atoms with E-state index in [0.717, 1.165) is 16.9 Å². The van der Waals surface area contributed by atoms with Crippen LogP contribution in [-0.4, -0.2) is 33.4 Å². The van der Waals surface area contributed by atoms with Crippen molar-refractivity contribution in [1.29, 1.82) is 0 Å². The van der Waals surface area contributed by atoms with Crippen molar-refractivity contribution < 1.29 is 8.42 Å². The summed E-state index contributed by atoms with van der Waals surface area (Å²) in [4.78, 5) is 2.28. The second-order valence-corrected chi connectivity index (χ2v) is 9.30. The Morgan fingerprint density at radius 1 is 1.38 bits per heavy atom. The average Bonchev–Trinajstić information content (AvgIpc) is 3.07. The number of thiophene rings is 2. The molecule has 2 heterocycles. The summed E-state index contributed by atoms with van der Waals surface area (Å²) in [7, 11) is 0.127. The third kappa shape index (κ3) is 3.92. The van der Waals surface area contributed by atoms with Crippen LogP contribution < -0.4 is 5.32 Å². The largest absolute Gasteiger partial charge is 0.315 e. The van der Waals surface area contributed by atoms with Crippen molar-refractivity contribution in [2.75, 3.05) is 20.6 Å². The summed E-state index contributed by atoms with van der Waals surface area (Å²) in [5.74, 6) is 0. The predicted octanol–water partition coefficient (Wildman–Crippen LogP) is 2.70. The number of hydrogen-bond donors (Lipinski definition) is 1. The van der Waals surface area contributed by atoms with Gasteiger partial charge in [-0.2, -0.15) is 4.31 Å². The molecule has 0 aromatic carbocycles. The smallest absolute Gasteiger partial charge is 0.252 e. The van der Waals surface area contributed by atoms with Crippen LogP contribution >= 0.6 is 22.7 Å². The third-order valence-electron chi connectivity index (χ3n) is 3.25. The van der Waals surface area contributed by atoms with Crippen molar-refractivity contribution in [3.63, 3.8) is 0 Å². The minimum absolute atomic E-state index is 0.430. The van der Waals surface area contributed by atoms with Gasteiger partial charge in [0.15, 0.2) is 0 Å². The highest BCUT2D eigenvalue weighted by Crippen LogP contribution is 2.28. The van der Waals surface area contributed by atoms with Crippen LogP contribution in [-0.2, 0) is 23.0 Å². The molecule has 0 radical (unpaired) electrons. The first kappa shape index (κ1) is 16.6. The van der Waals surface area contributed by atoms with E-state index in [1.165, 1.54) is 20.5 Å². The molecule has 0 aliphatic carbocycles. The first-order chi connectivity index (χ1) is 9.95. The molecule has 0 saturated heterocycles. The average molecular weight is 345 g/mol. The van der Waals surface area contributed by atoms with Gasteiger partial charge in [0, 0.05) is 29.9 Å². The van der Waals surface area contributed by atoms with E-state index in [9.17, 15) is 8.42 Å². The molecule has 0 spiro atoms. The Labute approximate surface area is 134 Å². The zero-order valence-corrected chi connectivity index (χ0v) is 14.9. The van der Waals surface area contributed by atoms with Crippen LogP contribution in [0.3, 0.4) is 0 Å². The molecule has 2 rings (SSSR count). The lowest BCUT2D eigenvalue weighted by molar-refractivity contribution is 0.475. The fourth-order valence-corrected chi connectivity index (χ4v) is 5.63. The van der Waals surface area contributed by atoms with Crippen molar-refractivity contribution in [3.05, 3.63) is 38.9 Å². The van der Waals surface area contributed by atoms with Crippen molar-refractivity contribution in [2.24, 2.45) is 0 Å². The van der Waals surface area contributed by atoms with Gasteiger partial charge in [-0.25, -0.2) is 8.42 Å². The second kappa shape index (κ2) is 7.02. The maximum atomic E-state index is 12.6. The van der Waals surface area contributed by atoms with Crippen molar-refractivity contribution in [1.82, 2.24) is 9.62 Å². The molecule has 0 aliphatic heterocycles. The highest BCUT2D eigenvalue weighted by Gasteiger charge is 2.23. The van der Waals surface area contributed by atoms with Crippen LogP contribution in [0.2, 0.25) is 0 Å². The van der Waals surface area contributed by atoms with Gasteiger partial charge < -0.3 is 5.32 Å². The molecule has 0 unspecified atom stereocenters. The lowest BCUT2D eigenvalue weighted by atomic mass is 10.3. The maximum Gasteiger partial charge on any atom is 0.252 e. The standard InChI is InChI=1S/C14H20N2O2S3/c1-11-9-14(20-13(11)10-15-2)21(17,18)16(3)7-6-12-5-4-8-19-12/h4-5,8-9,15H,6-7,10H2,1-3H3. The van der Waals surface area contributed by atoms with Gasteiger partial charge in [-0.15, -0.1) is 22.7 Å². The molecule has 2 aromatic rings. The van der Waals surface area contributed by atoms with E-state index >= 15 is 0 Å². The topological polar surface area (TPSA) is 49.4 Å². The van der Waals surface area contributed by atoms with E-state index in [-0.39, 0.29) is 0 Å². The molecule has 0 bridgehead atoms. The summed E-state index contributed by atoms with van der Waals surface area (Å²) in [6.07, 6.45) is 0.751. The quantitative estimate of drug-likeness (QED) is 0.840. The van der Waals surface area contributed by atoms with Crippen molar-refractivity contribution >= 4 is 32.7 Å². The van der Waals surface area contributed by atoms with Gasteiger partial charge in [-0.1, -0.05) is 6.07 Å². The van der Waals surface area contributed by atoms with Gasteiger partial charge in [0.05, 0.1) is 0 Å². The molecule has 4 nitrogen and oxygen atoms in total. The first-order valence-corrected chi connectivity index (χ1v) is 9.81. The number of hydrogen-bond acceptors (Lipinski definition) is 5. The van der Waals surface area contributed by atoms with Crippen LogP contribution in [0.15, 0.2) is 27.8 Å². The monoisotopic (exact) mass is 344 g/mol. The van der Waals surface area contributed by atoms with Crippen molar-refractivity contribution in [2.45, 2.75) is 24.1 Å². The molecule has 0 fully saturated rings. The Hall–Kier alpha value is -0.730. The zero-order chi connectivity index (χ0) is 15.5. The number of sulfonamides is 1. The Morgan fingerprint density at radius 3 is 2.76 bits per heavy atom. The second-order valence-electron chi connectivity index (χ2n) is 4.86. The molecule has 2 aromatic heterocycles. The summed E-state index contributed by atoms with van der Waals surface area (Å²) >= 11 is 3.01. The highest BCUT2D eigenvalue weighted by atomic mass is 32.2. The summed E-state index contributed by atoms with van der Waals surface area (Å²) in [6, 6.07) is 5.79. The molecule has 0 aliphatic rings. The molecule has 0 saturated carbocycles. The molecular formula is C14H20N2O2S3. The van der Waals surface area contributed by atoms with Gasteiger partial charge >= 0.3 is 0 Å². The summed E-state index contributed by atoms with van der Waals surface area (Å²) in [5.41, 5.74) is 1.03. The summed E-state index contributed by atoms with van der Waals surface area (Å²) in [6.45, 7) is 3.15. The van der Waals surface area contributed by atoms with Gasteiger partial charge in [-0.05, 0) is 43.5 Å². The normalized spacial score (nSPS) is 12.2. The van der Waals surface area contributed by atoms with Crippen LogP contribution in [0.1, 0.15) is 15.3 Å². The van der Waals surface area contributed by atoms with Crippen LogP contribution in [0.25, 0.3) is 0 Å². The number of rotatable bonds is 7. The van der Waals surface area contributed by atoms with E-state index in [4.69, 9.17) is 0 Å². The fourth-order valence-electron chi connectivity index (χ4n) is 1.95. The summed E-state index contributed by atoms with van der Waals surface area (Å²) in [5, 5.41) is 5.08. The van der Waals surface area contributed by atoms with E-state index in [1.54, 1.807) is 24.5 Å². The lowest BCUT2D eigenvalue weighted by Gasteiger charge is -2.15. The number of aryl methyl sites for hydroxylation is 1. The fraction of sp³-hybridized carbons (Fsp3) is 0.429. The molecule has 7 heteroatoms. The number of likely N-dealkylation sites (N-methyl/N-ethyl adjacent to an activating group) is 1. The third-order valence-corrected chi connectivity index (χ3v) is 7.73. The molecular weight excluding hydrogens is 324 g/mol. The SMILES string of the molecule is CNCc1sc(S(=O)(=O)N(C)CCc2cccs2)cc1C. The molecule has 0 atom stereocenters. The Kier molecular flexibility index (Phi) is 5.56. The minimum atomic E-state index is -3.38. The molecule has 116 valence electrons. The lowest BCUT2D eigenvalue weighted by Crippen LogP contribution is -2.28. The minimum Gasteiger partial charge on any atom is -0.315 e. The Balaban J connectivity index is 2.11. The van der Waals surface area contributed by atoms with E-state index in [2.05, 4.69) is 5.32 Å². The van der Waals surface area contributed by atoms with E-state index in [0.29, 0.717) is 17.3 Å². The van der Waals surface area contributed by atoms with Crippen LogP contribution in [0.4, 0.5) is 0 Å². The van der Waals surface area contributed by atoms with Crippen molar-refractivity contribution in [3.8, 4) is 0 Å². The number of nitrogens with zero attached hydrogens (tertiary/aromatic N) is 1. The molecule has 0 amide bonds. The molecule has 21 heavy (non-hydrogen) atoms. The van der Waals surface area contributed by atoms with Crippen LogP contribution in [0, 0.1) is 6.92 Å². The van der Waals surface area contributed by atoms with Gasteiger partial charge in [0.25, 0.3) is 10.0 Å². The van der Waals surface area contributed by atoms with Crippen LogP contribution in [0.5, 0.6) is 0 Å². The van der Waals surface area contributed by atoms with Gasteiger partial charge in [-0.3, -0.25) is 0 Å². The maximum absolute atomic E-state index is 12.6. The van der Waals surface area contributed by atoms with E-state index < -0.39 is 10.0 Å². The Bertz CT molecular complexity index is 675. The van der Waals surface area contributed by atoms with Gasteiger partial charge in [0.1, 0.15) is 4.21 Å². The molecule has 1 N–H and O–H groups in total. The van der Waals surface area contributed by atoms with E-state index in [1.807, 2.05) is 31.5 Å². The zero-order valence-electron chi connectivity index (χ0n) is 12.4.